The molecule has 3 rings (SSSR count). The van der Waals surface area contributed by atoms with E-state index in [1.807, 2.05) is 6.92 Å². The number of ether oxygens (including phenoxy) is 1. The van der Waals surface area contributed by atoms with Crippen molar-refractivity contribution in [3.05, 3.63) is 10.6 Å². The van der Waals surface area contributed by atoms with Gasteiger partial charge in [0.25, 0.3) is 0 Å². The highest BCUT2D eigenvalue weighted by atomic mass is 32.1. The number of thiazole rings is 1. The molecule has 0 amide bonds. The predicted octanol–water partition coefficient (Wildman–Crippen LogP) is 2.95. The first-order valence-electron chi connectivity index (χ1n) is 7.18. The Hall–Kier alpha value is -1.10. The molecule has 19 heavy (non-hydrogen) atoms. The monoisotopic (exact) mass is 280 g/mol. The van der Waals surface area contributed by atoms with Crippen molar-refractivity contribution in [2.75, 3.05) is 18.5 Å². The first kappa shape index (κ1) is 12.9. The van der Waals surface area contributed by atoms with Crippen LogP contribution in [0.15, 0.2) is 0 Å². The lowest BCUT2D eigenvalue weighted by Crippen LogP contribution is -2.21. The molecule has 104 valence electrons. The van der Waals surface area contributed by atoms with Crippen molar-refractivity contribution < 1.29 is 9.53 Å². The summed E-state index contributed by atoms with van der Waals surface area (Å²) >= 11 is 1.71. The molecule has 0 aliphatic heterocycles. The van der Waals surface area contributed by atoms with Gasteiger partial charge in [0.15, 0.2) is 5.13 Å². The molecule has 0 saturated heterocycles. The molecule has 0 spiro atoms. The highest BCUT2D eigenvalue weighted by Crippen LogP contribution is 2.39. The van der Waals surface area contributed by atoms with E-state index in [1.54, 1.807) is 11.3 Å². The quantitative estimate of drug-likeness (QED) is 0.843. The van der Waals surface area contributed by atoms with Crippen LogP contribution in [-0.4, -0.2) is 24.1 Å². The largest absolute Gasteiger partial charge is 0.465 e. The smallest absolute Gasteiger partial charge is 0.315 e. The number of carbonyl (C=O) groups is 1. The van der Waals surface area contributed by atoms with Crippen LogP contribution in [0.2, 0.25) is 0 Å². The lowest BCUT2D eigenvalue weighted by molar-refractivity contribution is -0.145. The van der Waals surface area contributed by atoms with Crippen molar-refractivity contribution in [3.8, 4) is 0 Å². The Morgan fingerprint density at radius 3 is 3.00 bits per heavy atom. The minimum Gasteiger partial charge on any atom is -0.465 e. The summed E-state index contributed by atoms with van der Waals surface area (Å²) in [6, 6.07) is 0. The third-order valence-electron chi connectivity index (χ3n) is 4.06. The van der Waals surface area contributed by atoms with E-state index in [4.69, 9.17) is 4.74 Å². The summed E-state index contributed by atoms with van der Waals surface area (Å²) in [4.78, 5) is 17.7. The van der Waals surface area contributed by atoms with Gasteiger partial charge < -0.3 is 10.1 Å². The van der Waals surface area contributed by atoms with E-state index in [9.17, 15) is 4.79 Å². The van der Waals surface area contributed by atoms with E-state index >= 15 is 0 Å². The van der Waals surface area contributed by atoms with Crippen LogP contribution in [0.1, 0.15) is 49.1 Å². The fourth-order valence-electron chi connectivity index (χ4n) is 2.70. The molecule has 1 N–H and O–H groups in total. The third-order valence-corrected chi connectivity index (χ3v) is 5.14. The summed E-state index contributed by atoms with van der Waals surface area (Å²) < 4.78 is 5.12. The number of nitrogens with zero attached hydrogens (tertiary/aromatic N) is 1. The third kappa shape index (κ3) is 2.61. The molecule has 2 aliphatic carbocycles. The zero-order valence-corrected chi connectivity index (χ0v) is 12.1. The van der Waals surface area contributed by atoms with Gasteiger partial charge in [-0.1, -0.05) is 6.42 Å². The fraction of sp³-hybridized carbons (Fsp3) is 0.714. The Kier molecular flexibility index (Phi) is 3.73. The number of hydrogen-bond acceptors (Lipinski definition) is 5. The topological polar surface area (TPSA) is 51.2 Å². The maximum atomic E-state index is 11.9. The molecule has 1 heterocycles. The van der Waals surface area contributed by atoms with Gasteiger partial charge in [-0.25, -0.2) is 4.98 Å². The van der Waals surface area contributed by atoms with Crippen molar-refractivity contribution in [3.63, 3.8) is 0 Å². The normalized spacial score (nSPS) is 21.8. The maximum absolute atomic E-state index is 11.9. The highest BCUT2D eigenvalue weighted by Gasteiger charge is 2.33. The summed E-state index contributed by atoms with van der Waals surface area (Å²) in [5.41, 5.74) is 0.958. The number of carbonyl (C=O) groups excluding carboxylic acids is 1. The molecule has 0 bridgehead atoms. The highest BCUT2D eigenvalue weighted by molar-refractivity contribution is 7.15. The van der Waals surface area contributed by atoms with Crippen molar-refractivity contribution in [2.45, 2.75) is 44.9 Å². The number of aryl methyl sites for hydroxylation is 1. The van der Waals surface area contributed by atoms with E-state index in [-0.39, 0.29) is 11.9 Å². The molecule has 1 aromatic rings. The average Bonchev–Trinajstić information content (AvgIpc) is 2.86. The van der Waals surface area contributed by atoms with Gasteiger partial charge in [-0.05, 0) is 38.5 Å². The second kappa shape index (κ2) is 5.49. The SMILES string of the molecule is CCOC(=O)C1CCc2sc(NCC3CCC3)nc21. The van der Waals surface area contributed by atoms with Gasteiger partial charge >= 0.3 is 5.97 Å². The molecule has 0 aromatic carbocycles. The van der Waals surface area contributed by atoms with Crippen LogP contribution in [-0.2, 0) is 16.0 Å². The summed E-state index contributed by atoms with van der Waals surface area (Å²) in [6.45, 7) is 3.32. The molecule has 1 saturated carbocycles. The number of fused-ring (bicyclic) bond motifs is 1. The molecule has 0 radical (unpaired) electrons. The predicted molar refractivity (Wildman–Crippen MR) is 75.6 cm³/mol. The molecule has 4 nitrogen and oxygen atoms in total. The van der Waals surface area contributed by atoms with Crippen LogP contribution in [0.25, 0.3) is 0 Å². The van der Waals surface area contributed by atoms with Crippen molar-refractivity contribution in [1.82, 2.24) is 4.98 Å². The molecular weight excluding hydrogens is 260 g/mol. The number of anilines is 1. The second-order valence-electron chi connectivity index (χ2n) is 5.35. The number of esters is 1. The zero-order valence-electron chi connectivity index (χ0n) is 11.3. The van der Waals surface area contributed by atoms with Crippen molar-refractivity contribution >= 4 is 22.4 Å². The van der Waals surface area contributed by atoms with Crippen LogP contribution in [0, 0.1) is 5.92 Å². The molecule has 2 aliphatic rings. The summed E-state index contributed by atoms with van der Waals surface area (Å²) in [5, 5.41) is 4.40. The first-order valence-corrected chi connectivity index (χ1v) is 7.99. The van der Waals surface area contributed by atoms with Crippen LogP contribution in [0.5, 0.6) is 0 Å². The van der Waals surface area contributed by atoms with E-state index in [0.29, 0.717) is 6.61 Å². The van der Waals surface area contributed by atoms with Gasteiger partial charge in [-0.2, -0.15) is 0 Å². The molecule has 5 heteroatoms. The van der Waals surface area contributed by atoms with Crippen LogP contribution in [0.3, 0.4) is 0 Å². The zero-order chi connectivity index (χ0) is 13.2. The minimum atomic E-state index is -0.134. The van der Waals surface area contributed by atoms with E-state index in [2.05, 4.69) is 10.3 Å². The van der Waals surface area contributed by atoms with E-state index in [0.717, 1.165) is 36.1 Å². The Balaban J connectivity index is 1.64. The Morgan fingerprint density at radius 1 is 1.47 bits per heavy atom. The van der Waals surface area contributed by atoms with Gasteiger partial charge in [-0.15, -0.1) is 11.3 Å². The van der Waals surface area contributed by atoms with Gasteiger partial charge in [0.2, 0.25) is 0 Å². The fourth-order valence-corrected chi connectivity index (χ4v) is 3.75. The van der Waals surface area contributed by atoms with Gasteiger partial charge in [0.05, 0.1) is 12.3 Å². The molecule has 1 atom stereocenters. The number of aromatic nitrogens is 1. The summed E-state index contributed by atoms with van der Waals surface area (Å²) in [6.07, 6.45) is 5.86. The molecule has 1 aromatic heterocycles. The van der Waals surface area contributed by atoms with Crippen LogP contribution in [0.4, 0.5) is 5.13 Å². The maximum Gasteiger partial charge on any atom is 0.315 e. The number of nitrogens with one attached hydrogen (secondary N) is 1. The summed E-state index contributed by atoms with van der Waals surface area (Å²) in [7, 11) is 0. The van der Waals surface area contributed by atoms with Crippen LogP contribution < -0.4 is 5.32 Å². The first-order chi connectivity index (χ1) is 9.28. The minimum absolute atomic E-state index is 0.114. The lowest BCUT2D eigenvalue weighted by atomic mass is 9.86. The molecule has 1 unspecified atom stereocenters. The Morgan fingerprint density at radius 2 is 2.32 bits per heavy atom. The molecular formula is C14H20N2O2S. The van der Waals surface area contributed by atoms with Gasteiger partial charge in [-0.3, -0.25) is 4.79 Å². The number of hydrogen-bond donors (Lipinski definition) is 1. The summed E-state index contributed by atoms with van der Waals surface area (Å²) in [5.74, 6) is 0.571. The van der Waals surface area contributed by atoms with Crippen molar-refractivity contribution in [2.24, 2.45) is 5.92 Å². The second-order valence-corrected chi connectivity index (χ2v) is 6.43. The molecule has 1 fully saturated rings. The Labute approximate surface area is 117 Å². The van der Waals surface area contributed by atoms with Gasteiger partial charge in [0.1, 0.15) is 5.92 Å². The van der Waals surface area contributed by atoms with Crippen LogP contribution >= 0.6 is 11.3 Å². The van der Waals surface area contributed by atoms with Gasteiger partial charge in [0, 0.05) is 11.4 Å². The lowest BCUT2D eigenvalue weighted by Gasteiger charge is -2.25. The van der Waals surface area contributed by atoms with Crippen molar-refractivity contribution in [1.29, 1.82) is 0 Å². The number of rotatable bonds is 5. The standard InChI is InChI=1S/C14H20N2O2S/c1-2-18-13(17)10-6-7-11-12(10)16-14(19-11)15-8-9-4-3-5-9/h9-10H,2-8H2,1H3,(H,15,16). The average molecular weight is 280 g/mol. The van der Waals surface area contributed by atoms with E-state index in [1.165, 1.54) is 24.1 Å². The van der Waals surface area contributed by atoms with E-state index < -0.39 is 0 Å². The Bertz CT molecular complexity index is 468.